The molecule has 1 aliphatic carbocycles. The summed E-state index contributed by atoms with van der Waals surface area (Å²) in [6.07, 6.45) is 4.63. The SMILES string of the molecule is COc1ccc(C)cc1C(=O)NCC1(CN)CCCC1. The molecule has 0 radical (unpaired) electrons. The lowest BCUT2D eigenvalue weighted by molar-refractivity contribution is 0.0929. The number of carbonyl (C=O) groups is 1. The second-order valence-electron chi connectivity index (χ2n) is 5.80. The lowest BCUT2D eigenvalue weighted by Crippen LogP contribution is -2.40. The first-order valence-electron chi connectivity index (χ1n) is 7.23. The largest absolute Gasteiger partial charge is 0.496 e. The van der Waals surface area contributed by atoms with Gasteiger partial charge in [0.25, 0.3) is 5.91 Å². The van der Waals surface area contributed by atoms with Gasteiger partial charge in [0, 0.05) is 6.54 Å². The van der Waals surface area contributed by atoms with Gasteiger partial charge in [-0.05, 0) is 43.9 Å². The lowest BCUT2D eigenvalue weighted by atomic mass is 9.86. The second kappa shape index (κ2) is 6.27. The Bertz CT molecular complexity index is 479. The fourth-order valence-corrected chi connectivity index (χ4v) is 2.94. The third-order valence-corrected chi connectivity index (χ3v) is 4.32. The molecule has 1 aliphatic rings. The van der Waals surface area contributed by atoms with Crippen molar-refractivity contribution in [2.75, 3.05) is 20.2 Å². The molecule has 0 atom stereocenters. The minimum atomic E-state index is -0.0784. The highest BCUT2D eigenvalue weighted by Gasteiger charge is 2.32. The number of aryl methyl sites for hydroxylation is 1. The van der Waals surface area contributed by atoms with E-state index in [0.29, 0.717) is 24.4 Å². The number of rotatable bonds is 5. The summed E-state index contributed by atoms with van der Waals surface area (Å²) in [6.45, 7) is 3.26. The van der Waals surface area contributed by atoms with Gasteiger partial charge in [-0.3, -0.25) is 4.79 Å². The van der Waals surface area contributed by atoms with E-state index in [2.05, 4.69) is 5.32 Å². The Balaban J connectivity index is 2.06. The van der Waals surface area contributed by atoms with Gasteiger partial charge >= 0.3 is 0 Å². The van der Waals surface area contributed by atoms with Crippen molar-refractivity contribution in [2.45, 2.75) is 32.6 Å². The highest BCUT2D eigenvalue weighted by atomic mass is 16.5. The minimum Gasteiger partial charge on any atom is -0.496 e. The number of carbonyl (C=O) groups excluding carboxylic acids is 1. The fourth-order valence-electron chi connectivity index (χ4n) is 2.94. The van der Waals surface area contributed by atoms with Crippen LogP contribution < -0.4 is 15.8 Å². The quantitative estimate of drug-likeness (QED) is 0.867. The second-order valence-corrected chi connectivity index (χ2v) is 5.80. The van der Waals surface area contributed by atoms with E-state index in [9.17, 15) is 4.79 Å². The summed E-state index contributed by atoms with van der Waals surface area (Å²) in [5.74, 6) is 0.534. The van der Waals surface area contributed by atoms with Crippen LogP contribution in [0.25, 0.3) is 0 Å². The lowest BCUT2D eigenvalue weighted by Gasteiger charge is -2.27. The normalized spacial score (nSPS) is 16.9. The maximum absolute atomic E-state index is 12.4. The molecule has 0 bridgehead atoms. The van der Waals surface area contributed by atoms with Gasteiger partial charge < -0.3 is 15.8 Å². The zero-order valence-electron chi connectivity index (χ0n) is 12.4. The van der Waals surface area contributed by atoms with Crippen molar-refractivity contribution in [1.82, 2.24) is 5.32 Å². The summed E-state index contributed by atoms with van der Waals surface area (Å²) in [5, 5.41) is 3.04. The van der Waals surface area contributed by atoms with E-state index < -0.39 is 0 Å². The van der Waals surface area contributed by atoms with Crippen LogP contribution in [-0.4, -0.2) is 26.1 Å². The summed E-state index contributed by atoms with van der Waals surface area (Å²) in [7, 11) is 1.58. The molecule has 2 rings (SSSR count). The summed E-state index contributed by atoms with van der Waals surface area (Å²) in [4.78, 5) is 12.4. The topological polar surface area (TPSA) is 64.3 Å². The van der Waals surface area contributed by atoms with E-state index in [1.807, 2.05) is 25.1 Å². The monoisotopic (exact) mass is 276 g/mol. The average molecular weight is 276 g/mol. The highest BCUT2D eigenvalue weighted by Crippen LogP contribution is 2.36. The number of hydrogen-bond donors (Lipinski definition) is 2. The first-order chi connectivity index (χ1) is 9.60. The predicted molar refractivity (Wildman–Crippen MR) is 80.0 cm³/mol. The summed E-state index contributed by atoms with van der Waals surface area (Å²) < 4.78 is 5.26. The Kier molecular flexibility index (Phi) is 4.65. The highest BCUT2D eigenvalue weighted by molar-refractivity contribution is 5.97. The molecule has 0 aliphatic heterocycles. The molecular weight excluding hydrogens is 252 g/mol. The Labute approximate surface area is 120 Å². The number of benzene rings is 1. The van der Waals surface area contributed by atoms with Crippen LogP contribution in [0.1, 0.15) is 41.6 Å². The zero-order valence-corrected chi connectivity index (χ0v) is 12.4. The van der Waals surface area contributed by atoms with Crippen molar-refractivity contribution in [3.63, 3.8) is 0 Å². The third-order valence-electron chi connectivity index (χ3n) is 4.32. The molecule has 1 saturated carbocycles. The molecule has 110 valence electrons. The molecule has 1 aromatic rings. The van der Waals surface area contributed by atoms with Crippen LogP contribution in [0.4, 0.5) is 0 Å². The average Bonchev–Trinajstić information content (AvgIpc) is 2.94. The van der Waals surface area contributed by atoms with Crippen LogP contribution in [0.3, 0.4) is 0 Å². The first kappa shape index (κ1) is 14.9. The Morgan fingerprint density at radius 2 is 2.10 bits per heavy atom. The van der Waals surface area contributed by atoms with Crippen molar-refractivity contribution >= 4 is 5.91 Å². The Morgan fingerprint density at radius 3 is 2.70 bits per heavy atom. The maximum Gasteiger partial charge on any atom is 0.255 e. The van der Waals surface area contributed by atoms with Gasteiger partial charge in [-0.1, -0.05) is 24.5 Å². The van der Waals surface area contributed by atoms with Crippen molar-refractivity contribution in [3.05, 3.63) is 29.3 Å². The molecule has 1 aromatic carbocycles. The number of nitrogens with two attached hydrogens (primary N) is 1. The number of methoxy groups -OCH3 is 1. The molecule has 4 nitrogen and oxygen atoms in total. The van der Waals surface area contributed by atoms with Gasteiger partial charge in [-0.2, -0.15) is 0 Å². The van der Waals surface area contributed by atoms with E-state index in [1.54, 1.807) is 7.11 Å². The summed E-state index contributed by atoms with van der Waals surface area (Å²) in [5.41, 5.74) is 7.63. The van der Waals surface area contributed by atoms with Crippen LogP contribution in [0.5, 0.6) is 5.75 Å². The van der Waals surface area contributed by atoms with Crippen LogP contribution in [0.2, 0.25) is 0 Å². The van der Waals surface area contributed by atoms with Crippen LogP contribution >= 0.6 is 0 Å². The van der Waals surface area contributed by atoms with E-state index in [4.69, 9.17) is 10.5 Å². The molecule has 1 fully saturated rings. The third kappa shape index (κ3) is 3.12. The summed E-state index contributed by atoms with van der Waals surface area (Å²) >= 11 is 0. The van der Waals surface area contributed by atoms with Crippen LogP contribution in [0, 0.1) is 12.3 Å². The zero-order chi connectivity index (χ0) is 14.6. The van der Waals surface area contributed by atoms with Crippen molar-refractivity contribution in [3.8, 4) is 5.75 Å². The molecule has 3 N–H and O–H groups in total. The molecule has 20 heavy (non-hydrogen) atoms. The van der Waals surface area contributed by atoms with Crippen LogP contribution in [0.15, 0.2) is 18.2 Å². The number of nitrogens with one attached hydrogen (secondary N) is 1. The summed E-state index contributed by atoms with van der Waals surface area (Å²) in [6, 6.07) is 5.63. The molecule has 0 saturated heterocycles. The Hall–Kier alpha value is -1.55. The minimum absolute atomic E-state index is 0.0784. The van der Waals surface area contributed by atoms with Crippen molar-refractivity contribution < 1.29 is 9.53 Å². The van der Waals surface area contributed by atoms with Gasteiger partial charge in [-0.15, -0.1) is 0 Å². The molecule has 0 aromatic heterocycles. The first-order valence-corrected chi connectivity index (χ1v) is 7.23. The van der Waals surface area contributed by atoms with E-state index in [0.717, 1.165) is 18.4 Å². The van der Waals surface area contributed by atoms with Crippen molar-refractivity contribution in [2.24, 2.45) is 11.1 Å². The molecule has 0 unspecified atom stereocenters. The number of ether oxygens (including phenoxy) is 1. The van der Waals surface area contributed by atoms with Gasteiger partial charge in [0.15, 0.2) is 0 Å². The van der Waals surface area contributed by atoms with E-state index >= 15 is 0 Å². The fraction of sp³-hybridized carbons (Fsp3) is 0.562. The number of amides is 1. The predicted octanol–water partition coefficient (Wildman–Crippen LogP) is 2.25. The Morgan fingerprint density at radius 1 is 1.40 bits per heavy atom. The van der Waals surface area contributed by atoms with Gasteiger partial charge in [-0.25, -0.2) is 0 Å². The molecule has 1 amide bonds. The van der Waals surface area contributed by atoms with E-state index in [1.165, 1.54) is 12.8 Å². The molecular formula is C16H24N2O2. The van der Waals surface area contributed by atoms with Crippen LogP contribution in [-0.2, 0) is 0 Å². The van der Waals surface area contributed by atoms with Crippen molar-refractivity contribution in [1.29, 1.82) is 0 Å². The van der Waals surface area contributed by atoms with Gasteiger partial charge in [0.1, 0.15) is 5.75 Å². The molecule has 0 spiro atoms. The number of hydrogen-bond acceptors (Lipinski definition) is 3. The van der Waals surface area contributed by atoms with Gasteiger partial charge in [0.2, 0.25) is 0 Å². The molecule has 4 heteroatoms. The van der Waals surface area contributed by atoms with Gasteiger partial charge in [0.05, 0.1) is 12.7 Å². The molecule has 0 heterocycles. The maximum atomic E-state index is 12.4. The standard InChI is InChI=1S/C16H24N2O2/c1-12-5-6-14(20-2)13(9-12)15(19)18-11-16(10-17)7-3-4-8-16/h5-6,9H,3-4,7-8,10-11,17H2,1-2H3,(H,18,19). The smallest absolute Gasteiger partial charge is 0.255 e. The van der Waals surface area contributed by atoms with E-state index in [-0.39, 0.29) is 11.3 Å².